The Balaban J connectivity index is 2.49. The Morgan fingerprint density at radius 3 is 2.69 bits per heavy atom. The normalized spacial score (nSPS) is 31.6. The van der Waals surface area contributed by atoms with Crippen molar-refractivity contribution in [3.05, 3.63) is 0 Å². The molecule has 1 aliphatic carbocycles. The molecule has 1 amide bonds. The van der Waals surface area contributed by atoms with Crippen molar-refractivity contribution >= 4 is 5.91 Å². The van der Waals surface area contributed by atoms with E-state index in [1.165, 1.54) is 0 Å². The Morgan fingerprint density at radius 1 is 1.69 bits per heavy atom. The van der Waals surface area contributed by atoms with Gasteiger partial charge in [-0.15, -0.1) is 0 Å². The van der Waals surface area contributed by atoms with E-state index in [0.29, 0.717) is 12.5 Å². The molecule has 1 fully saturated rings. The van der Waals surface area contributed by atoms with E-state index in [1.807, 2.05) is 6.92 Å². The minimum atomic E-state index is -0.700. The van der Waals surface area contributed by atoms with Crippen molar-refractivity contribution in [1.29, 1.82) is 5.26 Å². The summed E-state index contributed by atoms with van der Waals surface area (Å²) in [5, 5.41) is 11.7. The van der Waals surface area contributed by atoms with E-state index in [1.54, 1.807) is 0 Å². The Kier molecular flexibility index (Phi) is 2.92. The zero-order chi connectivity index (χ0) is 9.90. The molecule has 0 aromatic carbocycles. The van der Waals surface area contributed by atoms with Crippen LogP contribution < -0.4 is 5.32 Å². The first-order valence-corrected chi connectivity index (χ1v) is 4.84. The molecule has 0 saturated heterocycles. The van der Waals surface area contributed by atoms with Gasteiger partial charge in [0, 0.05) is 6.54 Å². The fourth-order valence-electron chi connectivity index (χ4n) is 1.87. The number of hydrogen-bond acceptors (Lipinski definition) is 2. The van der Waals surface area contributed by atoms with Crippen molar-refractivity contribution in [2.75, 3.05) is 6.54 Å². The van der Waals surface area contributed by atoms with Gasteiger partial charge in [-0.1, -0.05) is 13.8 Å². The van der Waals surface area contributed by atoms with Gasteiger partial charge >= 0.3 is 0 Å². The second-order valence-electron chi connectivity index (χ2n) is 3.96. The average molecular weight is 180 g/mol. The molecule has 1 rings (SSSR count). The van der Waals surface area contributed by atoms with E-state index < -0.39 is 5.41 Å². The maximum absolute atomic E-state index is 11.5. The number of nitriles is 1. The standard InChI is InChI=1S/C10H16N2O/c1-3-4-12-9(13)10(7-11)5-8(2)6-10/h8H,3-6H2,1-2H3,(H,12,13). The minimum absolute atomic E-state index is 0.0741. The lowest BCUT2D eigenvalue weighted by molar-refractivity contribution is -0.133. The van der Waals surface area contributed by atoms with Crippen LogP contribution in [-0.4, -0.2) is 12.5 Å². The summed E-state index contributed by atoms with van der Waals surface area (Å²) in [4.78, 5) is 11.5. The highest BCUT2D eigenvalue weighted by atomic mass is 16.2. The summed E-state index contributed by atoms with van der Waals surface area (Å²) in [6.45, 7) is 4.75. The fourth-order valence-corrected chi connectivity index (χ4v) is 1.87. The minimum Gasteiger partial charge on any atom is -0.355 e. The van der Waals surface area contributed by atoms with Crippen LogP contribution in [0.25, 0.3) is 0 Å². The van der Waals surface area contributed by atoms with Crippen LogP contribution in [-0.2, 0) is 4.79 Å². The van der Waals surface area contributed by atoms with Gasteiger partial charge in [0.25, 0.3) is 0 Å². The molecule has 0 aromatic heterocycles. The summed E-state index contributed by atoms with van der Waals surface area (Å²) in [5.74, 6) is 0.446. The molecule has 0 aliphatic heterocycles. The van der Waals surface area contributed by atoms with Crippen LogP contribution in [0.1, 0.15) is 33.1 Å². The summed E-state index contributed by atoms with van der Waals surface area (Å²) >= 11 is 0. The van der Waals surface area contributed by atoms with Gasteiger partial charge in [-0.2, -0.15) is 5.26 Å². The molecule has 0 bridgehead atoms. The van der Waals surface area contributed by atoms with E-state index >= 15 is 0 Å². The van der Waals surface area contributed by atoms with Crippen molar-refractivity contribution in [3.8, 4) is 6.07 Å². The number of amides is 1. The van der Waals surface area contributed by atoms with Crippen molar-refractivity contribution in [3.63, 3.8) is 0 Å². The van der Waals surface area contributed by atoms with Crippen molar-refractivity contribution in [2.24, 2.45) is 11.3 Å². The number of nitrogens with zero attached hydrogens (tertiary/aromatic N) is 1. The van der Waals surface area contributed by atoms with Crippen molar-refractivity contribution in [1.82, 2.24) is 5.32 Å². The van der Waals surface area contributed by atoms with Gasteiger partial charge in [-0.05, 0) is 25.2 Å². The van der Waals surface area contributed by atoms with Crippen LogP contribution in [0.15, 0.2) is 0 Å². The van der Waals surface area contributed by atoms with Crippen LogP contribution in [0.4, 0.5) is 0 Å². The second-order valence-corrected chi connectivity index (χ2v) is 3.96. The van der Waals surface area contributed by atoms with Gasteiger partial charge in [0.2, 0.25) is 5.91 Å². The highest BCUT2D eigenvalue weighted by Gasteiger charge is 2.48. The second kappa shape index (κ2) is 3.78. The van der Waals surface area contributed by atoms with E-state index in [9.17, 15) is 4.79 Å². The van der Waals surface area contributed by atoms with Gasteiger partial charge in [0.15, 0.2) is 0 Å². The average Bonchev–Trinajstić information content (AvgIpc) is 2.08. The largest absolute Gasteiger partial charge is 0.355 e. The Morgan fingerprint density at radius 2 is 2.31 bits per heavy atom. The van der Waals surface area contributed by atoms with Crippen LogP contribution >= 0.6 is 0 Å². The third-order valence-corrected chi connectivity index (χ3v) is 2.58. The molecular formula is C10H16N2O. The highest BCUT2D eigenvalue weighted by Crippen LogP contribution is 2.44. The maximum atomic E-state index is 11.5. The predicted molar refractivity (Wildman–Crippen MR) is 49.7 cm³/mol. The van der Waals surface area contributed by atoms with Crippen LogP contribution in [0.3, 0.4) is 0 Å². The summed E-state index contributed by atoms with van der Waals surface area (Å²) in [5.41, 5.74) is -0.700. The molecule has 0 unspecified atom stereocenters. The zero-order valence-electron chi connectivity index (χ0n) is 8.26. The molecule has 3 nitrogen and oxygen atoms in total. The molecule has 1 aliphatic rings. The molecule has 0 aromatic rings. The SMILES string of the molecule is CCCNC(=O)C1(C#N)CC(C)C1. The molecule has 3 heteroatoms. The smallest absolute Gasteiger partial charge is 0.240 e. The van der Waals surface area contributed by atoms with Crippen LogP contribution in [0.5, 0.6) is 0 Å². The van der Waals surface area contributed by atoms with E-state index in [4.69, 9.17) is 5.26 Å². The van der Waals surface area contributed by atoms with E-state index in [2.05, 4.69) is 18.3 Å². The van der Waals surface area contributed by atoms with Gasteiger partial charge < -0.3 is 5.32 Å². The van der Waals surface area contributed by atoms with Crippen molar-refractivity contribution in [2.45, 2.75) is 33.1 Å². The van der Waals surface area contributed by atoms with Gasteiger partial charge in [0.05, 0.1) is 6.07 Å². The summed E-state index contributed by atoms with van der Waals surface area (Å²) in [7, 11) is 0. The number of hydrogen-bond donors (Lipinski definition) is 1. The zero-order valence-corrected chi connectivity index (χ0v) is 8.26. The fraction of sp³-hybridized carbons (Fsp3) is 0.800. The Bertz CT molecular complexity index is 236. The van der Waals surface area contributed by atoms with Gasteiger partial charge in [0.1, 0.15) is 5.41 Å². The van der Waals surface area contributed by atoms with Crippen LogP contribution in [0.2, 0.25) is 0 Å². The molecule has 1 N–H and O–H groups in total. The molecule has 0 radical (unpaired) electrons. The molecule has 0 atom stereocenters. The molecule has 0 heterocycles. The van der Waals surface area contributed by atoms with Gasteiger partial charge in [-0.25, -0.2) is 0 Å². The quantitative estimate of drug-likeness (QED) is 0.714. The monoisotopic (exact) mass is 180 g/mol. The van der Waals surface area contributed by atoms with Gasteiger partial charge in [-0.3, -0.25) is 4.79 Å². The number of carbonyl (C=O) groups excluding carboxylic acids is 1. The van der Waals surface area contributed by atoms with E-state index in [-0.39, 0.29) is 5.91 Å². The topological polar surface area (TPSA) is 52.9 Å². The number of carbonyl (C=O) groups is 1. The first-order chi connectivity index (χ1) is 6.14. The molecule has 72 valence electrons. The highest BCUT2D eigenvalue weighted by molar-refractivity contribution is 5.86. The lowest BCUT2D eigenvalue weighted by Crippen LogP contribution is -2.48. The predicted octanol–water partition coefficient (Wildman–Crippen LogP) is 1.45. The first kappa shape index (κ1) is 10.0. The van der Waals surface area contributed by atoms with Crippen LogP contribution in [0, 0.1) is 22.7 Å². The summed E-state index contributed by atoms with van der Waals surface area (Å²) in [6.07, 6.45) is 2.36. The maximum Gasteiger partial charge on any atom is 0.240 e. The lowest BCUT2D eigenvalue weighted by Gasteiger charge is -2.39. The summed E-state index contributed by atoms with van der Waals surface area (Å²) < 4.78 is 0. The molecule has 0 spiro atoms. The number of nitrogens with one attached hydrogen (secondary N) is 1. The number of rotatable bonds is 3. The lowest BCUT2D eigenvalue weighted by atomic mass is 9.63. The Labute approximate surface area is 79.1 Å². The first-order valence-electron chi connectivity index (χ1n) is 4.84. The van der Waals surface area contributed by atoms with Crippen molar-refractivity contribution < 1.29 is 4.79 Å². The molecular weight excluding hydrogens is 164 g/mol. The third-order valence-electron chi connectivity index (χ3n) is 2.58. The molecule has 1 saturated carbocycles. The third kappa shape index (κ3) is 1.82. The summed E-state index contributed by atoms with van der Waals surface area (Å²) in [6, 6.07) is 2.14. The Hall–Kier alpha value is -1.04. The molecule has 13 heavy (non-hydrogen) atoms. The van der Waals surface area contributed by atoms with E-state index in [0.717, 1.165) is 19.3 Å².